The van der Waals surface area contributed by atoms with Gasteiger partial charge in [0.1, 0.15) is 0 Å². The van der Waals surface area contributed by atoms with Crippen LogP contribution in [0.25, 0.3) is 0 Å². The van der Waals surface area contributed by atoms with E-state index in [1.54, 1.807) is 29.2 Å². The van der Waals surface area contributed by atoms with E-state index in [2.05, 4.69) is 21.5 Å². The molecule has 3 aliphatic rings. The zero-order valence-corrected chi connectivity index (χ0v) is 20.8. The normalized spacial score (nSPS) is 24.7. The van der Waals surface area contributed by atoms with Crippen molar-refractivity contribution in [2.24, 2.45) is 11.8 Å². The molecule has 2 aliphatic carbocycles. The summed E-state index contributed by atoms with van der Waals surface area (Å²) in [5.74, 6) is -0.205. The van der Waals surface area contributed by atoms with Crippen LogP contribution in [-0.2, 0) is 4.79 Å². The summed E-state index contributed by atoms with van der Waals surface area (Å²) in [7, 11) is 0. The Hall–Kier alpha value is -3.77. The molecule has 1 aromatic carbocycles. The topological polar surface area (TPSA) is 104 Å². The van der Waals surface area contributed by atoms with Crippen LogP contribution in [0.5, 0.6) is 0 Å². The van der Waals surface area contributed by atoms with E-state index in [1.165, 1.54) is 17.2 Å². The van der Waals surface area contributed by atoms with E-state index in [0.29, 0.717) is 34.2 Å². The zero-order chi connectivity index (χ0) is 25.8. The molecular formula is C27H24ClFN6O2. The third-order valence-electron chi connectivity index (χ3n) is 7.81. The Balaban J connectivity index is 1.08. The summed E-state index contributed by atoms with van der Waals surface area (Å²) in [4.78, 5) is 30.8. The van der Waals surface area contributed by atoms with Crippen LogP contribution in [0.2, 0.25) is 5.02 Å². The molecule has 3 atom stereocenters. The van der Waals surface area contributed by atoms with Crippen molar-refractivity contribution in [3.63, 3.8) is 0 Å². The molecule has 37 heavy (non-hydrogen) atoms. The summed E-state index contributed by atoms with van der Waals surface area (Å²) in [6.45, 7) is 2.37. The fraction of sp³-hybridized carbons (Fsp3) is 0.370. The number of piperidine rings is 1. The lowest BCUT2D eigenvalue weighted by Gasteiger charge is -2.36. The Morgan fingerprint density at radius 2 is 2.08 bits per heavy atom. The van der Waals surface area contributed by atoms with Crippen LogP contribution in [-0.4, -0.2) is 39.2 Å². The third kappa shape index (κ3) is 4.25. The van der Waals surface area contributed by atoms with Gasteiger partial charge in [-0.2, -0.15) is 10.4 Å². The lowest BCUT2D eigenvalue weighted by Crippen LogP contribution is -2.43. The highest BCUT2D eigenvalue weighted by atomic mass is 35.5. The SMILES string of the molecule is C[C@H](c1cnc(N2C[C@H]3C[C@H]3C2=O)c(F)c1)n1cc(C(=O)N[C@H]2C[C@@H](c3cc(Cl)ccc3C#N)C2)cn1. The van der Waals surface area contributed by atoms with E-state index in [9.17, 15) is 19.2 Å². The molecule has 1 N–H and O–H groups in total. The molecule has 6 rings (SSSR count). The monoisotopic (exact) mass is 518 g/mol. The average Bonchev–Trinajstić information content (AvgIpc) is 3.32. The first-order valence-corrected chi connectivity index (χ1v) is 12.7. The summed E-state index contributed by atoms with van der Waals surface area (Å²) in [5, 5.41) is 17.3. The van der Waals surface area contributed by atoms with Gasteiger partial charge in [0, 0.05) is 35.9 Å². The number of carbonyl (C=O) groups is 2. The number of benzene rings is 1. The molecule has 3 fully saturated rings. The largest absolute Gasteiger partial charge is 0.349 e. The van der Waals surface area contributed by atoms with Gasteiger partial charge in [0.2, 0.25) is 5.91 Å². The second-order valence-electron chi connectivity index (χ2n) is 10.2. The molecule has 0 radical (unpaired) electrons. The minimum atomic E-state index is -0.539. The van der Waals surface area contributed by atoms with Crippen molar-refractivity contribution in [2.75, 3.05) is 11.4 Å². The van der Waals surface area contributed by atoms with Crippen LogP contribution < -0.4 is 10.2 Å². The maximum atomic E-state index is 14.9. The number of nitrogens with zero attached hydrogens (tertiary/aromatic N) is 5. The number of carbonyl (C=O) groups excluding carboxylic acids is 2. The predicted molar refractivity (Wildman–Crippen MR) is 134 cm³/mol. The molecular weight excluding hydrogens is 495 g/mol. The lowest BCUT2D eigenvalue weighted by atomic mass is 9.74. The molecule has 0 spiro atoms. The van der Waals surface area contributed by atoms with E-state index >= 15 is 0 Å². The van der Waals surface area contributed by atoms with Crippen LogP contribution in [0.1, 0.15) is 65.2 Å². The Bertz CT molecular complexity index is 1460. The summed E-state index contributed by atoms with van der Waals surface area (Å²) < 4.78 is 16.5. The van der Waals surface area contributed by atoms with E-state index in [-0.39, 0.29) is 41.6 Å². The van der Waals surface area contributed by atoms with Gasteiger partial charge in [0.05, 0.1) is 29.4 Å². The minimum absolute atomic E-state index is 0.00558. The number of fused-ring (bicyclic) bond motifs is 1. The molecule has 0 unspecified atom stereocenters. The van der Waals surface area contributed by atoms with Crippen molar-refractivity contribution in [3.05, 3.63) is 75.9 Å². The van der Waals surface area contributed by atoms with Crippen LogP contribution in [0.4, 0.5) is 10.2 Å². The highest BCUT2D eigenvalue weighted by molar-refractivity contribution is 6.30. The van der Waals surface area contributed by atoms with Gasteiger partial charge in [0.15, 0.2) is 11.6 Å². The van der Waals surface area contributed by atoms with Crippen molar-refractivity contribution < 1.29 is 14.0 Å². The van der Waals surface area contributed by atoms with E-state index in [1.807, 2.05) is 13.0 Å². The first-order chi connectivity index (χ1) is 17.8. The van der Waals surface area contributed by atoms with Gasteiger partial charge < -0.3 is 5.32 Å². The molecule has 2 saturated carbocycles. The summed E-state index contributed by atoms with van der Waals surface area (Å²) in [5.41, 5.74) is 2.52. The summed E-state index contributed by atoms with van der Waals surface area (Å²) in [6.07, 6.45) is 7.02. The van der Waals surface area contributed by atoms with Gasteiger partial charge in [-0.15, -0.1) is 0 Å². The fourth-order valence-corrected chi connectivity index (χ4v) is 5.57. The zero-order valence-electron chi connectivity index (χ0n) is 20.1. The van der Waals surface area contributed by atoms with Gasteiger partial charge in [-0.05, 0) is 73.4 Å². The van der Waals surface area contributed by atoms with Gasteiger partial charge >= 0.3 is 0 Å². The molecule has 1 saturated heterocycles. The van der Waals surface area contributed by atoms with Gasteiger partial charge in [-0.1, -0.05) is 11.6 Å². The quantitative estimate of drug-likeness (QED) is 0.526. The average molecular weight is 519 g/mol. The molecule has 2 amide bonds. The molecule has 2 aromatic heterocycles. The highest BCUT2D eigenvalue weighted by Crippen LogP contribution is 2.47. The Morgan fingerprint density at radius 3 is 2.78 bits per heavy atom. The molecule has 1 aliphatic heterocycles. The Labute approximate surface area is 218 Å². The number of hydrogen-bond donors (Lipinski definition) is 1. The molecule has 0 bridgehead atoms. The third-order valence-corrected chi connectivity index (χ3v) is 8.05. The number of pyridine rings is 1. The van der Waals surface area contributed by atoms with Crippen molar-refractivity contribution in [2.45, 2.75) is 44.2 Å². The number of nitriles is 1. The van der Waals surface area contributed by atoms with Crippen LogP contribution in [0.3, 0.4) is 0 Å². The molecule has 10 heteroatoms. The summed E-state index contributed by atoms with van der Waals surface area (Å²) >= 11 is 6.10. The second-order valence-corrected chi connectivity index (χ2v) is 10.6. The molecule has 188 valence electrons. The van der Waals surface area contributed by atoms with Gasteiger partial charge in [-0.3, -0.25) is 19.2 Å². The second kappa shape index (κ2) is 8.96. The predicted octanol–water partition coefficient (Wildman–Crippen LogP) is 4.21. The molecule has 8 nitrogen and oxygen atoms in total. The lowest BCUT2D eigenvalue weighted by molar-refractivity contribution is -0.118. The smallest absolute Gasteiger partial charge is 0.254 e. The number of rotatable bonds is 6. The number of halogens is 2. The van der Waals surface area contributed by atoms with Crippen molar-refractivity contribution in [3.8, 4) is 6.07 Å². The van der Waals surface area contributed by atoms with Crippen LogP contribution in [0, 0.1) is 29.0 Å². The van der Waals surface area contributed by atoms with Crippen molar-refractivity contribution >= 4 is 29.2 Å². The minimum Gasteiger partial charge on any atom is -0.349 e. The number of nitrogens with one attached hydrogen (secondary N) is 1. The Kier molecular flexibility index (Phi) is 5.72. The number of hydrogen-bond acceptors (Lipinski definition) is 5. The molecule has 3 aromatic rings. The standard InChI is InChI=1S/C27H24ClFN6O2/c1-14(17-7-24(29)25(31-10-17)34-12-18-6-23(18)27(34)37)35-13-19(11-32-35)26(36)33-21-4-16(5-21)22-8-20(28)3-2-15(22)9-30/h2-3,7-8,10-11,13-14,16,18,21,23H,4-6,12H2,1H3,(H,33,36)/t14-,16-,18-,21+,23-/m1/s1. The first kappa shape index (κ1) is 23.6. The van der Waals surface area contributed by atoms with Crippen LogP contribution in [0.15, 0.2) is 42.9 Å². The maximum absolute atomic E-state index is 14.9. The number of amides is 2. The Morgan fingerprint density at radius 1 is 1.27 bits per heavy atom. The van der Waals surface area contributed by atoms with Crippen LogP contribution >= 0.6 is 11.6 Å². The van der Waals surface area contributed by atoms with E-state index < -0.39 is 5.82 Å². The first-order valence-electron chi connectivity index (χ1n) is 12.3. The summed E-state index contributed by atoms with van der Waals surface area (Å²) in [6, 6.07) is 8.47. The fourth-order valence-electron chi connectivity index (χ4n) is 5.39. The highest BCUT2D eigenvalue weighted by Gasteiger charge is 2.53. The van der Waals surface area contributed by atoms with E-state index in [4.69, 9.17) is 11.6 Å². The number of aromatic nitrogens is 3. The maximum Gasteiger partial charge on any atom is 0.254 e. The van der Waals surface area contributed by atoms with Crippen molar-refractivity contribution in [1.29, 1.82) is 5.26 Å². The number of anilines is 1. The van der Waals surface area contributed by atoms with Gasteiger partial charge in [0.25, 0.3) is 5.91 Å². The van der Waals surface area contributed by atoms with Crippen molar-refractivity contribution in [1.82, 2.24) is 20.1 Å². The molecule has 3 heterocycles. The van der Waals surface area contributed by atoms with E-state index in [0.717, 1.165) is 24.8 Å². The van der Waals surface area contributed by atoms with Gasteiger partial charge in [-0.25, -0.2) is 9.37 Å².